The second-order valence-electron chi connectivity index (χ2n) is 5.47. The Balaban J connectivity index is 2.42. The third-order valence-corrected chi connectivity index (χ3v) is 3.64. The Morgan fingerprint density at radius 2 is 1.81 bits per heavy atom. The average molecular weight is 362 g/mol. The van der Waals surface area contributed by atoms with E-state index >= 15 is 0 Å². The molecule has 26 heavy (non-hydrogen) atoms. The van der Waals surface area contributed by atoms with Gasteiger partial charge >= 0.3 is 11.9 Å². The number of allylic oxidation sites excluding steroid dienone is 2. The molecule has 0 spiro atoms. The van der Waals surface area contributed by atoms with Crippen LogP contribution in [0.5, 0.6) is 11.5 Å². The topological polar surface area (TPSA) is 71.1 Å². The minimum Gasteiger partial charge on any atom is -0.497 e. The Morgan fingerprint density at radius 3 is 2.46 bits per heavy atom. The summed E-state index contributed by atoms with van der Waals surface area (Å²) in [5.41, 5.74) is 0.821. The summed E-state index contributed by atoms with van der Waals surface area (Å²) in [5, 5.41) is 0. The quantitative estimate of drug-likeness (QED) is 0.275. The number of esters is 2. The Hall–Kier alpha value is -2.76. The highest BCUT2D eigenvalue weighted by atomic mass is 16.6. The number of carbonyl (C=O) groups is 2. The molecule has 1 unspecified atom stereocenters. The van der Waals surface area contributed by atoms with E-state index in [4.69, 9.17) is 18.9 Å². The van der Waals surface area contributed by atoms with Crippen LogP contribution in [-0.2, 0) is 19.1 Å². The highest BCUT2D eigenvalue weighted by Gasteiger charge is 2.11. The zero-order valence-corrected chi connectivity index (χ0v) is 15.7. The van der Waals surface area contributed by atoms with Crippen molar-refractivity contribution >= 4 is 18.0 Å². The smallest absolute Gasteiger partial charge is 0.330 e. The lowest BCUT2D eigenvalue weighted by molar-refractivity contribution is -0.152. The summed E-state index contributed by atoms with van der Waals surface area (Å²) in [6, 6.07) is 5.43. The third-order valence-electron chi connectivity index (χ3n) is 3.64. The first-order chi connectivity index (χ1) is 12.5. The van der Waals surface area contributed by atoms with Gasteiger partial charge in [0.25, 0.3) is 0 Å². The summed E-state index contributed by atoms with van der Waals surface area (Å²) < 4.78 is 20.4. The van der Waals surface area contributed by atoms with E-state index in [1.807, 2.05) is 13.0 Å². The molecule has 0 saturated heterocycles. The highest BCUT2D eigenvalue weighted by Crippen LogP contribution is 2.25. The van der Waals surface area contributed by atoms with Crippen LogP contribution in [0.2, 0.25) is 0 Å². The second kappa shape index (κ2) is 11.7. The summed E-state index contributed by atoms with van der Waals surface area (Å²) in [7, 11) is 3.17. The molecule has 1 aromatic carbocycles. The first kappa shape index (κ1) is 21.3. The van der Waals surface area contributed by atoms with Crippen molar-refractivity contribution in [1.82, 2.24) is 0 Å². The number of methoxy groups -OCH3 is 2. The van der Waals surface area contributed by atoms with Gasteiger partial charge in [0.2, 0.25) is 0 Å². The molecule has 0 aliphatic rings. The molecular weight excluding hydrogens is 336 g/mol. The van der Waals surface area contributed by atoms with Gasteiger partial charge in [-0.1, -0.05) is 32.1 Å². The van der Waals surface area contributed by atoms with E-state index < -0.39 is 5.97 Å². The Morgan fingerprint density at radius 1 is 1.08 bits per heavy atom. The molecule has 0 radical (unpaired) electrons. The van der Waals surface area contributed by atoms with E-state index in [1.54, 1.807) is 51.5 Å². The van der Waals surface area contributed by atoms with Crippen molar-refractivity contribution in [1.29, 1.82) is 0 Å². The van der Waals surface area contributed by atoms with Crippen LogP contribution < -0.4 is 9.47 Å². The summed E-state index contributed by atoms with van der Waals surface area (Å²) in [4.78, 5) is 23.0. The van der Waals surface area contributed by atoms with E-state index in [-0.39, 0.29) is 25.1 Å². The van der Waals surface area contributed by atoms with Gasteiger partial charge < -0.3 is 18.9 Å². The number of hydrogen-bond donors (Lipinski definition) is 0. The fourth-order valence-electron chi connectivity index (χ4n) is 1.90. The van der Waals surface area contributed by atoms with Gasteiger partial charge in [0.05, 0.1) is 20.1 Å². The van der Waals surface area contributed by atoms with Crippen molar-refractivity contribution < 1.29 is 28.5 Å². The van der Waals surface area contributed by atoms with E-state index in [9.17, 15) is 9.59 Å². The molecule has 0 N–H and O–H groups in total. The van der Waals surface area contributed by atoms with Crippen LogP contribution in [0.1, 0.15) is 25.8 Å². The molecule has 0 aromatic heterocycles. The Bertz CT molecular complexity index is 648. The fraction of sp³-hybridized carbons (Fsp3) is 0.400. The molecule has 0 fully saturated rings. The van der Waals surface area contributed by atoms with Gasteiger partial charge in [0, 0.05) is 11.6 Å². The van der Waals surface area contributed by atoms with Crippen LogP contribution in [0.3, 0.4) is 0 Å². The van der Waals surface area contributed by atoms with Crippen molar-refractivity contribution in [3.8, 4) is 11.5 Å². The van der Waals surface area contributed by atoms with Crippen molar-refractivity contribution in [3.63, 3.8) is 0 Å². The van der Waals surface area contributed by atoms with Crippen molar-refractivity contribution in [2.75, 3.05) is 27.4 Å². The SMILES string of the molecule is CCC(C)C(=O)OCCOC(=O)/C=C/C=C/c1cc(OC)ccc1OC. The Labute approximate surface area is 154 Å². The molecule has 0 aliphatic carbocycles. The molecule has 0 aliphatic heterocycles. The van der Waals surface area contributed by atoms with Crippen LogP contribution in [-0.4, -0.2) is 39.4 Å². The maximum absolute atomic E-state index is 11.6. The molecule has 6 heteroatoms. The van der Waals surface area contributed by atoms with Crippen molar-refractivity contribution in [2.45, 2.75) is 20.3 Å². The van der Waals surface area contributed by atoms with Crippen LogP contribution in [0.25, 0.3) is 6.08 Å². The van der Waals surface area contributed by atoms with Crippen LogP contribution in [0, 0.1) is 5.92 Å². The summed E-state index contributed by atoms with van der Waals surface area (Å²) in [6.45, 7) is 3.78. The zero-order chi connectivity index (χ0) is 19.4. The predicted octanol–water partition coefficient (Wildman–Crippen LogP) is 3.41. The first-order valence-corrected chi connectivity index (χ1v) is 8.42. The largest absolute Gasteiger partial charge is 0.497 e. The minimum atomic E-state index is -0.508. The number of hydrogen-bond acceptors (Lipinski definition) is 6. The van der Waals surface area contributed by atoms with E-state index in [0.717, 1.165) is 5.56 Å². The average Bonchev–Trinajstić information content (AvgIpc) is 2.67. The monoisotopic (exact) mass is 362 g/mol. The maximum Gasteiger partial charge on any atom is 0.330 e. The number of carbonyl (C=O) groups excluding carboxylic acids is 2. The van der Waals surface area contributed by atoms with E-state index in [1.165, 1.54) is 6.08 Å². The molecule has 0 amide bonds. The summed E-state index contributed by atoms with van der Waals surface area (Å²) in [5.74, 6) is 0.465. The molecule has 0 saturated carbocycles. The standard InChI is InChI=1S/C20H26O6/c1-5-15(2)20(22)26-13-12-25-19(21)9-7-6-8-16-14-17(23-3)10-11-18(16)24-4/h6-11,14-15H,5,12-13H2,1-4H3/b8-6+,9-7+. The minimum absolute atomic E-state index is 0.0266. The van der Waals surface area contributed by atoms with Crippen LogP contribution in [0.15, 0.2) is 36.4 Å². The van der Waals surface area contributed by atoms with Crippen LogP contribution in [0.4, 0.5) is 0 Å². The first-order valence-electron chi connectivity index (χ1n) is 8.42. The third kappa shape index (κ3) is 7.42. The van der Waals surface area contributed by atoms with Gasteiger partial charge in [0.1, 0.15) is 24.7 Å². The fourth-order valence-corrected chi connectivity index (χ4v) is 1.90. The molecule has 1 atom stereocenters. The van der Waals surface area contributed by atoms with Gasteiger partial charge in [-0.2, -0.15) is 0 Å². The maximum atomic E-state index is 11.6. The molecule has 142 valence electrons. The van der Waals surface area contributed by atoms with Gasteiger partial charge in [-0.25, -0.2) is 4.79 Å². The van der Waals surface area contributed by atoms with E-state index in [0.29, 0.717) is 17.9 Å². The molecule has 1 rings (SSSR count). The lowest BCUT2D eigenvalue weighted by Crippen LogP contribution is -2.17. The van der Waals surface area contributed by atoms with Gasteiger partial charge in [0.15, 0.2) is 0 Å². The number of ether oxygens (including phenoxy) is 4. The Kier molecular flexibility index (Phi) is 9.61. The number of benzene rings is 1. The van der Waals surface area contributed by atoms with Crippen LogP contribution >= 0.6 is 0 Å². The summed E-state index contributed by atoms with van der Waals surface area (Å²) >= 11 is 0. The molecule has 6 nitrogen and oxygen atoms in total. The predicted molar refractivity (Wildman–Crippen MR) is 99.1 cm³/mol. The molecular formula is C20H26O6. The normalized spacial score (nSPS) is 12.2. The lowest BCUT2D eigenvalue weighted by Gasteiger charge is -2.08. The van der Waals surface area contributed by atoms with Crippen molar-refractivity contribution in [2.24, 2.45) is 5.92 Å². The lowest BCUT2D eigenvalue weighted by atomic mass is 10.1. The van der Waals surface area contributed by atoms with E-state index in [2.05, 4.69) is 0 Å². The molecule has 0 heterocycles. The highest BCUT2D eigenvalue weighted by molar-refractivity contribution is 5.82. The molecule has 1 aromatic rings. The second-order valence-corrected chi connectivity index (χ2v) is 5.47. The van der Waals surface area contributed by atoms with Gasteiger partial charge in [-0.15, -0.1) is 0 Å². The number of rotatable bonds is 10. The molecule has 0 bridgehead atoms. The van der Waals surface area contributed by atoms with Gasteiger partial charge in [-0.05, 0) is 24.6 Å². The van der Waals surface area contributed by atoms with Crippen molar-refractivity contribution in [3.05, 3.63) is 42.0 Å². The zero-order valence-electron chi connectivity index (χ0n) is 15.7. The summed E-state index contributed by atoms with van der Waals surface area (Å²) in [6.07, 6.45) is 7.05. The van der Waals surface area contributed by atoms with Gasteiger partial charge in [-0.3, -0.25) is 4.79 Å².